The summed E-state index contributed by atoms with van der Waals surface area (Å²) >= 11 is 1.53. The number of hydrogen-bond acceptors (Lipinski definition) is 8. The van der Waals surface area contributed by atoms with Crippen molar-refractivity contribution in [2.75, 3.05) is 26.7 Å². The Bertz CT molecular complexity index is 1610. The summed E-state index contributed by atoms with van der Waals surface area (Å²) in [6.07, 6.45) is -0.493. The van der Waals surface area contributed by atoms with Gasteiger partial charge < -0.3 is 25.0 Å². The van der Waals surface area contributed by atoms with Gasteiger partial charge in [0.15, 0.2) is 0 Å². The number of ether oxygens (including phenoxy) is 1. The van der Waals surface area contributed by atoms with E-state index in [1.807, 2.05) is 70.3 Å². The fourth-order valence-corrected chi connectivity index (χ4v) is 7.75. The standard InChI is InChI=1S/C34H47N5O6S2/c1-22(2)16-26-18-28(45-6)12-13-31(26)47(43,44)35-19-30(40)29(17-25-10-8-7-9-11-25)37-33(41)32(23(3)4)39-15-14-38(34(39)42)20-27-21-46-24(5)36-27/h7-13,18,21-23,29-30,32,35,40H,14-17,19-20H2,1-6H3,(H,37,41)/t29-,30+,32-/m0/s1. The number of aryl methyl sites for hydroxylation is 1. The average molecular weight is 686 g/mol. The van der Waals surface area contributed by atoms with Crippen molar-refractivity contribution in [2.45, 2.75) is 77.1 Å². The summed E-state index contributed by atoms with van der Waals surface area (Å²) in [5.41, 5.74) is 2.29. The van der Waals surface area contributed by atoms with E-state index in [1.165, 1.54) is 24.5 Å². The lowest BCUT2D eigenvalue weighted by Gasteiger charge is -2.33. The molecule has 4 rings (SSSR count). The zero-order valence-electron chi connectivity index (χ0n) is 28.0. The minimum absolute atomic E-state index is 0.118. The Morgan fingerprint density at radius 2 is 1.81 bits per heavy atom. The predicted octanol–water partition coefficient (Wildman–Crippen LogP) is 3.99. The molecule has 1 aromatic heterocycles. The number of rotatable bonds is 16. The molecule has 0 radical (unpaired) electrons. The molecule has 11 nitrogen and oxygen atoms in total. The first kappa shape index (κ1) is 36.3. The van der Waals surface area contributed by atoms with Crippen molar-refractivity contribution in [1.82, 2.24) is 24.8 Å². The van der Waals surface area contributed by atoms with Crippen molar-refractivity contribution in [3.63, 3.8) is 0 Å². The van der Waals surface area contributed by atoms with Gasteiger partial charge in [-0.2, -0.15) is 0 Å². The molecule has 13 heteroatoms. The summed E-state index contributed by atoms with van der Waals surface area (Å²) in [6.45, 7) is 10.6. The van der Waals surface area contributed by atoms with Gasteiger partial charge in [0.05, 0.1) is 41.4 Å². The number of nitrogens with zero attached hydrogens (tertiary/aromatic N) is 3. The summed E-state index contributed by atoms with van der Waals surface area (Å²) in [4.78, 5) is 35.3. The number of carbonyl (C=O) groups is 2. The minimum atomic E-state index is -4.01. The molecule has 0 spiro atoms. The van der Waals surface area contributed by atoms with Crippen LogP contribution in [0.5, 0.6) is 5.75 Å². The number of methoxy groups -OCH3 is 1. The number of nitrogens with one attached hydrogen (secondary N) is 2. The first-order valence-corrected chi connectivity index (χ1v) is 18.3. The smallest absolute Gasteiger partial charge is 0.321 e. The van der Waals surface area contributed by atoms with E-state index in [-0.39, 0.29) is 35.7 Å². The summed E-state index contributed by atoms with van der Waals surface area (Å²) in [5, 5.41) is 17.2. The molecule has 3 atom stereocenters. The number of benzene rings is 2. The van der Waals surface area contributed by atoms with Gasteiger partial charge in [0.2, 0.25) is 15.9 Å². The second kappa shape index (κ2) is 16.1. The van der Waals surface area contributed by atoms with Crippen LogP contribution in [0.3, 0.4) is 0 Å². The fourth-order valence-electron chi connectivity index (χ4n) is 5.87. The molecule has 0 aliphatic carbocycles. The molecular weight excluding hydrogens is 639 g/mol. The third kappa shape index (κ3) is 9.53. The van der Waals surface area contributed by atoms with Crippen LogP contribution in [0, 0.1) is 18.8 Å². The van der Waals surface area contributed by atoms with Gasteiger partial charge in [-0.05, 0) is 60.9 Å². The SMILES string of the molecule is COc1ccc(S(=O)(=O)NC[C@@H](O)[C@H](Cc2ccccc2)NC(=O)[C@H](C(C)C)N2CCN(Cc3csc(C)n3)C2=O)c(CC(C)C)c1. The van der Waals surface area contributed by atoms with Crippen molar-refractivity contribution in [1.29, 1.82) is 0 Å². The number of aliphatic hydroxyl groups excluding tert-OH is 1. The van der Waals surface area contributed by atoms with Crippen molar-refractivity contribution >= 4 is 33.3 Å². The Kier molecular flexibility index (Phi) is 12.4. The van der Waals surface area contributed by atoms with Crippen LogP contribution in [0.15, 0.2) is 58.8 Å². The molecule has 2 heterocycles. The predicted molar refractivity (Wildman–Crippen MR) is 183 cm³/mol. The van der Waals surface area contributed by atoms with E-state index in [0.29, 0.717) is 37.4 Å². The fraction of sp³-hybridized carbons (Fsp3) is 0.500. The highest BCUT2D eigenvalue weighted by Crippen LogP contribution is 2.25. The van der Waals surface area contributed by atoms with E-state index in [0.717, 1.165) is 16.3 Å². The summed E-state index contributed by atoms with van der Waals surface area (Å²) < 4.78 is 34.9. The number of amides is 3. The maximum absolute atomic E-state index is 13.9. The molecule has 1 saturated heterocycles. The maximum atomic E-state index is 13.9. The Morgan fingerprint density at radius 1 is 1.09 bits per heavy atom. The van der Waals surface area contributed by atoms with Crippen molar-refractivity contribution in [3.05, 3.63) is 75.7 Å². The molecule has 0 bridgehead atoms. The van der Waals surface area contributed by atoms with Gasteiger partial charge in [0.1, 0.15) is 11.8 Å². The third-order valence-electron chi connectivity index (χ3n) is 8.14. The van der Waals surface area contributed by atoms with Gasteiger partial charge in [-0.1, -0.05) is 58.0 Å². The first-order valence-electron chi connectivity index (χ1n) is 15.9. The van der Waals surface area contributed by atoms with Crippen LogP contribution in [0.25, 0.3) is 0 Å². The number of sulfonamides is 1. The minimum Gasteiger partial charge on any atom is -0.497 e. The topological polar surface area (TPSA) is 141 Å². The summed E-state index contributed by atoms with van der Waals surface area (Å²) in [6, 6.07) is 12.3. The molecule has 0 saturated carbocycles. The lowest BCUT2D eigenvalue weighted by molar-refractivity contribution is -0.128. The second-order valence-corrected chi connectivity index (χ2v) is 15.5. The number of carbonyl (C=O) groups excluding carboxylic acids is 2. The summed E-state index contributed by atoms with van der Waals surface area (Å²) in [5.74, 6) is 0.134. The number of thiazole rings is 1. The molecule has 3 amide bonds. The second-order valence-electron chi connectivity index (χ2n) is 12.7. The molecule has 3 aromatic rings. The van der Waals surface area contributed by atoms with E-state index in [2.05, 4.69) is 15.0 Å². The highest BCUT2D eigenvalue weighted by Gasteiger charge is 2.40. The van der Waals surface area contributed by atoms with Gasteiger partial charge in [-0.25, -0.2) is 22.9 Å². The number of urea groups is 1. The van der Waals surface area contributed by atoms with E-state index < -0.39 is 34.1 Å². The van der Waals surface area contributed by atoms with Crippen LogP contribution in [-0.4, -0.2) is 85.2 Å². The molecule has 47 heavy (non-hydrogen) atoms. The third-order valence-corrected chi connectivity index (χ3v) is 10.5. The monoisotopic (exact) mass is 685 g/mol. The normalized spacial score (nSPS) is 15.7. The molecule has 1 aliphatic heterocycles. The Labute approximate surface area is 282 Å². The van der Waals surface area contributed by atoms with Crippen LogP contribution in [0.1, 0.15) is 49.5 Å². The summed E-state index contributed by atoms with van der Waals surface area (Å²) in [7, 11) is -2.48. The highest BCUT2D eigenvalue weighted by atomic mass is 32.2. The molecule has 1 fully saturated rings. The molecule has 3 N–H and O–H groups in total. The van der Waals surface area contributed by atoms with Crippen LogP contribution in [0.4, 0.5) is 4.79 Å². The number of aromatic nitrogens is 1. The molecule has 256 valence electrons. The van der Waals surface area contributed by atoms with Crippen molar-refractivity contribution in [2.24, 2.45) is 11.8 Å². The van der Waals surface area contributed by atoms with Gasteiger partial charge in [0.25, 0.3) is 0 Å². The van der Waals surface area contributed by atoms with Crippen molar-refractivity contribution < 1.29 is 27.9 Å². The quantitative estimate of drug-likeness (QED) is 0.207. The van der Waals surface area contributed by atoms with E-state index in [9.17, 15) is 23.1 Å². The average Bonchev–Trinajstić information content (AvgIpc) is 3.59. The molecule has 0 unspecified atom stereocenters. The van der Waals surface area contributed by atoms with Gasteiger partial charge >= 0.3 is 6.03 Å². The van der Waals surface area contributed by atoms with E-state index in [1.54, 1.807) is 21.9 Å². The van der Waals surface area contributed by atoms with E-state index >= 15 is 0 Å². The molecular formula is C34H47N5O6S2. The largest absolute Gasteiger partial charge is 0.497 e. The first-order chi connectivity index (χ1) is 22.3. The Hall–Kier alpha value is -3.52. The van der Waals surface area contributed by atoms with Gasteiger partial charge in [-0.15, -0.1) is 11.3 Å². The Morgan fingerprint density at radius 3 is 2.43 bits per heavy atom. The number of hydrogen-bond donors (Lipinski definition) is 3. The van der Waals surface area contributed by atoms with Gasteiger partial charge in [0, 0.05) is 25.0 Å². The Balaban J connectivity index is 1.51. The van der Waals surface area contributed by atoms with Crippen LogP contribution >= 0.6 is 11.3 Å². The maximum Gasteiger partial charge on any atom is 0.321 e. The van der Waals surface area contributed by atoms with Crippen LogP contribution in [0.2, 0.25) is 0 Å². The number of aliphatic hydroxyl groups is 1. The molecule has 1 aliphatic rings. The van der Waals surface area contributed by atoms with Gasteiger partial charge in [-0.3, -0.25) is 4.79 Å². The zero-order valence-corrected chi connectivity index (χ0v) is 29.6. The zero-order chi connectivity index (χ0) is 34.3. The van der Waals surface area contributed by atoms with Crippen molar-refractivity contribution in [3.8, 4) is 5.75 Å². The lowest BCUT2D eigenvalue weighted by Crippen LogP contribution is -2.57. The highest BCUT2D eigenvalue weighted by molar-refractivity contribution is 7.89. The van der Waals surface area contributed by atoms with E-state index in [4.69, 9.17) is 4.74 Å². The van der Waals surface area contributed by atoms with Crippen LogP contribution < -0.4 is 14.8 Å². The molecule has 2 aromatic carbocycles. The van der Waals surface area contributed by atoms with Crippen LogP contribution in [-0.2, 0) is 34.2 Å². The lowest BCUT2D eigenvalue weighted by atomic mass is 9.98.